The van der Waals surface area contributed by atoms with Crippen LogP contribution in [0.15, 0.2) is 22.6 Å². The van der Waals surface area contributed by atoms with E-state index in [1.807, 2.05) is 6.07 Å². The number of fused-ring (bicyclic) bond motifs is 1. The lowest BCUT2D eigenvalue weighted by molar-refractivity contribution is -0.128. The molecule has 1 amide bonds. The molecule has 0 atom stereocenters. The number of aromatic nitrogens is 1. The third kappa shape index (κ3) is 2.53. The van der Waals surface area contributed by atoms with Crippen LogP contribution < -0.4 is 11.1 Å². The van der Waals surface area contributed by atoms with Crippen LogP contribution >= 0.6 is 0 Å². The summed E-state index contributed by atoms with van der Waals surface area (Å²) in [7, 11) is 3.45. The van der Waals surface area contributed by atoms with Crippen LogP contribution in [0.5, 0.6) is 0 Å². The summed E-state index contributed by atoms with van der Waals surface area (Å²) in [5, 5.41) is 2.97. The van der Waals surface area contributed by atoms with E-state index < -0.39 is 0 Å². The lowest BCUT2D eigenvalue weighted by Gasteiger charge is -2.09. The summed E-state index contributed by atoms with van der Waals surface area (Å²) < 4.78 is 5.46. The second kappa shape index (κ2) is 4.95. The summed E-state index contributed by atoms with van der Waals surface area (Å²) >= 11 is 0. The molecule has 0 saturated heterocycles. The number of carbonyl (C=O) groups is 1. The van der Waals surface area contributed by atoms with Gasteiger partial charge in [-0.3, -0.25) is 4.79 Å². The molecular weight excluding hydrogens is 232 g/mol. The van der Waals surface area contributed by atoms with Crippen molar-refractivity contribution in [3.05, 3.63) is 18.2 Å². The van der Waals surface area contributed by atoms with E-state index in [0.29, 0.717) is 35.8 Å². The lowest BCUT2D eigenvalue weighted by atomic mass is 10.3. The first-order valence-corrected chi connectivity index (χ1v) is 5.67. The molecule has 6 heteroatoms. The zero-order valence-corrected chi connectivity index (χ0v) is 10.4. The summed E-state index contributed by atoms with van der Waals surface area (Å²) in [6.45, 7) is 0.476. The predicted molar refractivity (Wildman–Crippen MR) is 70.2 cm³/mol. The van der Waals surface area contributed by atoms with Crippen molar-refractivity contribution in [2.24, 2.45) is 0 Å². The van der Waals surface area contributed by atoms with Crippen molar-refractivity contribution in [2.45, 2.75) is 6.42 Å². The highest BCUT2D eigenvalue weighted by atomic mass is 16.4. The van der Waals surface area contributed by atoms with Crippen molar-refractivity contribution >= 4 is 28.7 Å². The molecule has 2 aromatic rings. The second-order valence-electron chi connectivity index (χ2n) is 4.18. The maximum atomic E-state index is 11.4. The number of hydrogen-bond acceptors (Lipinski definition) is 5. The van der Waals surface area contributed by atoms with Crippen molar-refractivity contribution < 1.29 is 9.21 Å². The van der Waals surface area contributed by atoms with Crippen LogP contribution in [0.4, 0.5) is 11.7 Å². The summed E-state index contributed by atoms with van der Waals surface area (Å²) in [4.78, 5) is 17.1. The average molecular weight is 248 g/mol. The van der Waals surface area contributed by atoms with Crippen molar-refractivity contribution in [1.29, 1.82) is 0 Å². The first-order valence-electron chi connectivity index (χ1n) is 5.67. The van der Waals surface area contributed by atoms with E-state index >= 15 is 0 Å². The summed E-state index contributed by atoms with van der Waals surface area (Å²) in [5.41, 5.74) is 7.63. The molecule has 3 N–H and O–H groups in total. The zero-order chi connectivity index (χ0) is 13.1. The third-order valence-electron chi connectivity index (χ3n) is 2.56. The number of benzene rings is 1. The summed E-state index contributed by atoms with van der Waals surface area (Å²) in [5.74, 6) is 0.0538. The molecule has 0 aliphatic carbocycles. The Balaban J connectivity index is 2.00. The molecule has 0 aliphatic heterocycles. The standard InChI is InChI=1S/C12H16N4O2/c1-16(2)10(17)6-7-14-12-15-11-8(13)4-3-5-9(11)18-12/h3-5H,6-7,13H2,1-2H3,(H,14,15). The number of amides is 1. The van der Waals surface area contributed by atoms with Gasteiger partial charge in [0.2, 0.25) is 5.91 Å². The van der Waals surface area contributed by atoms with Gasteiger partial charge in [-0.25, -0.2) is 0 Å². The van der Waals surface area contributed by atoms with Gasteiger partial charge in [-0.1, -0.05) is 6.07 Å². The van der Waals surface area contributed by atoms with Gasteiger partial charge in [0, 0.05) is 27.1 Å². The monoisotopic (exact) mass is 248 g/mol. The molecule has 96 valence electrons. The number of nitrogens with one attached hydrogen (secondary N) is 1. The largest absolute Gasteiger partial charge is 0.423 e. The van der Waals surface area contributed by atoms with Gasteiger partial charge >= 0.3 is 0 Å². The lowest BCUT2D eigenvalue weighted by Crippen LogP contribution is -2.23. The first-order chi connectivity index (χ1) is 8.58. The molecule has 0 spiro atoms. The number of hydrogen-bond donors (Lipinski definition) is 2. The molecule has 1 aromatic heterocycles. The van der Waals surface area contributed by atoms with E-state index in [9.17, 15) is 4.79 Å². The van der Waals surface area contributed by atoms with Crippen molar-refractivity contribution in [3.8, 4) is 0 Å². The van der Waals surface area contributed by atoms with Crippen molar-refractivity contribution in [1.82, 2.24) is 9.88 Å². The zero-order valence-electron chi connectivity index (χ0n) is 10.4. The SMILES string of the molecule is CN(C)C(=O)CCNc1nc2c(N)cccc2o1. The van der Waals surface area contributed by atoms with E-state index in [2.05, 4.69) is 10.3 Å². The Kier molecular flexibility index (Phi) is 3.36. The minimum Gasteiger partial charge on any atom is -0.423 e. The van der Waals surface area contributed by atoms with Gasteiger partial charge in [0.15, 0.2) is 5.58 Å². The number of para-hydroxylation sites is 1. The van der Waals surface area contributed by atoms with Crippen LogP contribution in [0, 0.1) is 0 Å². The van der Waals surface area contributed by atoms with Gasteiger partial charge in [0.25, 0.3) is 6.01 Å². The van der Waals surface area contributed by atoms with Crippen LogP contribution in [-0.4, -0.2) is 36.4 Å². The minimum atomic E-state index is 0.0538. The van der Waals surface area contributed by atoms with Gasteiger partial charge in [-0.05, 0) is 12.1 Å². The molecule has 0 radical (unpaired) electrons. The topological polar surface area (TPSA) is 84.4 Å². The normalized spacial score (nSPS) is 10.6. The number of anilines is 2. The van der Waals surface area contributed by atoms with Gasteiger partial charge in [0.05, 0.1) is 5.69 Å². The maximum Gasteiger partial charge on any atom is 0.295 e. The summed E-state index contributed by atoms with van der Waals surface area (Å²) in [6.07, 6.45) is 0.390. The Hall–Kier alpha value is -2.24. The van der Waals surface area contributed by atoms with E-state index in [0.717, 1.165) is 0 Å². The molecule has 2 rings (SSSR count). The number of nitrogens with two attached hydrogens (primary N) is 1. The highest BCUT2D eigenvalue weighted by Crippen LogP contribution is 2.23. The summed E-state index contributed by atoms with van der Waals surface area (Å²) in [6, 6.07) is 5.76. The smallest absolute Gasteiger partial charge is 0.295 e. The van der Waals surface area contributed by atoms with Crippen LogP contribution in [-0.2, 0) is 4.79 Å². The molecule has 0 unspecified atom stereocenters. The highest BCUT2D eigenvalue weighted by Gasteiger charge is 2.08. The Bertz CT molecular complexity index is 562. The minimum absolute atomic E-state index is 0.0538. The quantitative estimate of drug-likeness (QED) is 0.797. The van der Waals surface area contributed by atoms with Crippen molar-refractivity contribution in [3.63, 3.8) is 0 Å². The number of nitrogen functional groups attached to an aromatic ring is 1. The third-order valence-corrected chi connectivity index (χ3v) is 2.56. The van der Waals surface area contributed by atoms with Gasteiger partial charge < -0.3 is 20.4 Å². The Labute approximate surface area is 105 Å². The molecule has 6 nitrogen and oxygen atoms in total. The van der Waals surface area contributed by atoms with E-state index in [1.54, 1.807) is 31.1 Å². The molecule has 0 aliphatic rings. The van der Waals surface area contributed by atoms with Gasteiger partial charge in [-0.15, -0.1) is 0 Å². The van der Waals surface area contributed by atoms with E-state index in [1.165, 1.54) is 0 Å². The number of oxazole rings is 1. The predicted octanol–water partition coefficient (Wildman–Crippen LogP) is 1.30. The molecular formula is C12H16N4O2. The number of carbonyl (C=O) groups excluding carboxylic acids is 1. The Morgan fingerprint density at radius 3 is 2.94 bits per heavy atom. The van der Waals surface area contributed by atoms with E-state index in [-0.39, 0.29) is 5.91 Å². The molecule has 0 fully saturated rings. The Morgan fingerprint density at radius 2 is 2.28 bits per heavy atom. The van der Waals surface area contributed by atoms with Crippen LogP contribution in [0.2, 0.25) is 0 Å². The number of rotatable bonds is 4. The first kappa shape index (κ1) is 12.2. The van der Waals surface area contributed by atoms with Crippen molar-refractivity contribution in [2.75, 3.05) is 31.7 Å². The molecule has 18 heavy (non-hydrogen) atoms. The van der Waals surface area contributed by atoms with Crippen LogP contribution in [0.1, 0.15) is 6.42 Å². The number of nitrogens with zero attached hydrogens (tertiary/aromatic N) is 2. The van der Waals surface area contributed by atoms with Crippen LogP contribution in [0.3, 0.4) is 0 Å². The van der Waals surface area contributed by atoms with E-state index in [4.69, 9.17) is 10.2 Å². The fourth-order valence-corrected chi connectivity index (χ4v) is 1.55. The van der Waals surface area contributed by atoms with Gasteiger partial charge in [-0.2, -0.15) is 4.98 Å². The van der Waals surface area contributed by atoms with Crippen LogP contribution in [0.25, 0.3) is 11.1 Å². The highest BCUT2D eigenvalue weighted by molar-refractivity contribution is 5.86. The fraction of sp³-hybridized carbons (Fsp3) is 0.333. The average Bonchev–Trinajstić information content (AvgIpc) is 2.73. The molecule has 0 saturated carbocycles. The van der Waals surface area contributed by atoms with Gasteiger partial charge in [0.1, 0.15) is 5.52 Å². The maximum absolute atomic E-state index is 11.4. The Morgan fingerprint density at radius 1 is 1.50 bits per heavy atom. The molecule has 1 heterocycles. The second-order valence-corrected chi connectivity index (χ2v) is 4.18. The molecule has 1 aromatic carbocycles. The fourth-order valence-electron chi connectivity index (χ4n) is 1.55. The molecule has 0 bridgehead atoms.